The standard InChI is InChI=1S/C13H16N4O2/c1-10-9-17(13(14)16-10)15-8-11-4-2-3-5-12(11)19-7-6-18/h2-5,8-9,18H,6-7H2,1H3,(H2,14,16). The van der Waals surface area contributed by atoms with Gasteiger partial charge in [0, 0.05) is 5.56 Å². The van der Waals surface area contributed by atoms with Crippen LogP contribution in [-0.2, 0) is 0 Å². The van der Waals surface area contributed by atoms with Crippen LogP contribution in [0.25, 0.3) is 0 Å². The van der Waals surface area contributed by atoms with Gasteiger partial charge >= 0.3 is 0 Å². The van der Waals surface area contributed by atoms with E-state index in [9.17, 15) is 0 Å². The first-order chi connectivity index (χ1) is 9.20. The highest BCUT2D eigenvalue weighted by atomic mass is 16.5. The fourth-order valence-corrected chi connectivity index (χ4v) is 1.60. The number of imidazole rings is 1. The van der Waals surface area contributed by atoms with E-state index in [2.05, 4.69) is 10.1 Å². The maximum Gasteiger partial charge on any atom is 0.221 e. The normalized spacial score (nSPS) is 11.1. The number of aliphatic hydroxyl groups excluding tert-OH is 1. The van der Waals surface area contributed by atoms with Gasteiger partial charge in [-0.1, -0.05) is 12.1 Å². The molecule has 0 amide bonds. The van der Waals surface area contributed by atoms with E-state index in [4.69, 9.17) is 15.6 Å². The number of ether oxygens (including phenoxy) is 1. The van der Waals surface area contributed by atoms with Crippen LogP contribution in [0.3, 0.4) is 0 Å². The minimum atomic E-state index is -0.0286. The lowest BCUT2D eigenvalue weighted by molar-refractivity contribution is 0.201. The Morgan fingerprint density at radius 3 is 2.95 bits per heavy atom. The van der Waals surface area contributed by atoms with E-state index in [1.165, 1.54) is 4.68 Å². The average Bonchev–Trinajstić information content (AvgIpc) is 2.73. The Balaban J connectivity index is 2.20. The third-order valence-corrected chi connectivity index (χ3v) is 2.42. The molecule has 3 N–H and O–H groups in total. The van der Waals surface area contributed by atoms with Gasteiger partial charge in [0.1, 0.15) is 12.4 Å². The minimum absolute atomic E-state index is 0.0286. The van der Waals surface area contributed by atoms with Crippen LogP contribution in [0.2, 0.25) is 0 Å². The van der Waals surface area contributed by atoms with Crippen LogP contribution in [0, 0.1) is 6.92 Å². The van der Waals surface area contributed by atoms with Crippen molar-refractivity contribution in [2.45, 2.75) is 6.92 Å². The second kappa shape index (κ2) is 6.01. The third kappa shape index (κ3) is 3.32. The highest BCUT2D eigenvalue weighted by molar-refractivity contribution is 5.83. The molecule has 1 aromatic heterocycles. The van der Waals surface area contributed by atoms with Crippen LogP contribution in [0.4, 0.5) is 5.95 Å². The molecule has 0 unspecified atom stereocenters. The molecule has 0 bridgehead atoms. The van der Waals surface area contributed by atoms with Crippen LogP contribution in [0.5, 0.6) is 5.75 Å². The van der Waals surface area contributed by atoms with Gasteiger partial charge in [-0.3, -0.25) is 0 Å². The van der Waals surface area contributed by atoms with E-state index in [0.29, 0.717) is 11.7 Å². The first-order valence-corrected chi connectivity index (χ1v) is 5.89. The number of rotatable bonds is 5. The van der Waals surface area contributed by atoms with E-state index in [1.807, 2.05) is 31.2 Å². The molecule has 6 nitrogen and oxygen atoms in total. The SMILES string of the molecule is Cc1cn(N=Cc2ccccc2OCCO)c(N)n1. The lowest BCUT2D eigenvalue weighted by Gasteiger charge is -2.06. The molecule has 2 rings (SSSR count). The highest BCUT2D eigenvalue weighted by Gasteiger charge is 2.02. The molecule has 1 heterocycles. The van der Waals surface area contributed by atoms with Crippen molar-refractivity contribution in [1.29, 1.82) is 0 Å². The third-order valence-electron chi connectivity index (χ3n) is 2.42. The van der Waals surface area contributed by atoms with E-state index in [1.54, 1.807) is 12.4 Å². The van der Waals surface area contributed by atoms with Gasteiger partial charge in [-0.2, -0.15) is 5.10 Å². The van der Waals surface area contributed by atoms with Crippen molar-refractivity contribution in [2.24, 2.45) is 5.10 Å². The van der Waals surface area contributed by atoms with E-state index >= 15 is 0 Å². The Labute approximate surface area is 111 Å². The molecule has 0 spiro atoms. The number of nitrogens with zero attached hydrogens (tertiary/aromatic N) is 3. The van der Waals surface area contributed by atoms with Gasteiger partial charge in [-0.05, 0) is 19.1 Å². The Morgan fingerprint density at radius 2 is 2.26 bits per heavy atom. The molecule has 2 aromatic rings. The van der Waals surface area contributed by atoms with Crippen LogP contribution >= 0.6 is 0 Å². The maximum absolute atomic E-state index is 8.78. The lowest BCUT2D eigenvalue weighted by atomic mass is 10.2. The Morgan fingerprint density at radius 1 is 1.47 bits per heavy atom. The number of anilines is 1. The fraction of sp³-hybridized carbons (Fsp3) is 0.231. The first kappa shape index (κ1) is 13.1. The summed E-state index contributed by atoms with van der Waals surface area (Å²) in [6.45, 7) is 2.07. The largest absolute Gasteiger partial charge is 0.491 e. The summed E-state index contributed by atoms with van der Waals surface area (Å²) >= 11 is 0. The topological polar surface area (TPSA) is 85.7 Å². The summed E-state index contributed by atoms with van der Waals surface area (Å²) in [5.41, 5.74) is 7.31. The molecule has 100 valence electrons. The molecule has 1 aromatic carbocycles. The Hall–Kier alpha value is -2.34. The molecule has 19 heavy (non-hydrogen) atoms. The van der Waals surface area contributed by atoms with Crippen molar-refractivity contribution < 1.29 is 9.84 Å². The summed E-state index contributed by atoms with van der Waals surface area (Å²) in [6.07, 6.45) is 3.38. The number of benzene rings is 1. The number of aliphatic hydroxyl groups is 1. The monoisotopic (exact) mass is 260 g/mol. The zero-order valence-electron chi connectivity index (χ0n) is 10.7. The van der Waals surface area contributed by atoms with Crippen LogP contribution < -0.4 is 10.5 Å². The molecule has 0 atom stereocenters. The summed E-state index contributed by atoms with van der Waals surface area (Å²) in [7, 11) is 0. The van der Waals surface area contributed by atoms with E-state index in [-0.39, 0.29) is 13.2 Å². The number of hydrogen-bond donors (Lipinski definition) is 2. The molecule has 0 fully saturated rings. The van der Waals surface area contributed by atoms with Crippen molar-refractivity contribution in [3.05, 3.63) is 41.7 Å². The van der Waals surface area contributed by atoms with Crippen LogP contribution in [0.1, 0.15) is 11.3 Å². The molecule has 0 aliphatic heterocycles. The molecule has 0 saturated carbocycles. The predicted octanol–water partition coefficient (Wildman–Crippen LogP) is 1.03. The average molecular weight is 260 g/mol. The second-order valence-electron chi connectivity index (χ2n) is 3.94. The zero-order chi connectivity index (χ0) is 13.7. The maximum atomic E-state index is 8.78. The molecule has 0 radical (unpaired) electrons. The summed E-state index contributed by atoms with van der Waals surface area (Å²) in [5.74, 6) is 0.998. The van der Waals surface area contributed by atoms with Crippen molar-refractivity contribution in [1.82, 2.24) is 9.66 Å². The van der Waals surface area contributed by atoms with Gasteiger partial charge in [-0.15, -0.1) is 0 Å². The van der Waals surface area contributed by atoms with Crippen molar-refractivity contribution in [3.63, 3.8) is 0 Å². The van der Waals surface area contributed by atoms with E-state index in [0.717, 1.165) is 11.3 Å². The number of hydrogen-bond acceptors (Lipinski definition) is 5. The number of para-hydroxylation sites is 1. The second-order valence-corrected chi connectivity index (χ2v) is 3.94. The number of nitrogens with two attached hydrogens (primary N) is 1. The molecular weight excluding hydrogens is 244 g/mol. The lowest BCUT2D eigenvalue weighted by Crippen LogP contribution is -2.04. The first-order valence-electron chi connectivity index (χ1n) is 5.89. The summed E-state index contributed by atoms with van der Waals surface area (Å²) in [5, 5.41) is 13.0. The van der Waals surface area contributed by atoms with Crippen LogP contribution in [0.15, 0.2) is 35.6 Å². The zero-order valence-corrected chi connectivity index (χ0v) is 10.7. The summed E-state index contributed by atoms with van der Waals surface area (Å²) in [6, 6.07) is 7.44. The van der Waals surface area contributed by atoms with Crippen LogP contribution in [-0.4, -0.2) is 34.2 Å². The number of aromatic nitrogens is 2. The number of nitrogen functional groups attached to an aromatic ring is 1. The number of aryl methyl sites for hydroxylation is 1. The van der Waals surface area contributed by atoms with Gasteiger partial charge < -0.3 is 15.6 Å². The van der Waals surface area contributed by atoms with Gasteiger partial charge in [0.15, 0.2) is 0 Å². The van der Waals surface area contributed by atoms with Crippen molar-refractivity contribution in [2.75, 3.05) is 18.9 Å². The quantitative estimate of drug-likeness (QED) is 0.786. The summed E-state index contributed by atoms with van der Waals surface area (Å²) in [4.78, 5) is 4.06. The molecule has 0 aliphatic carbocycles. The molecule has 0 aliphatic rings. The summed E-state index contributed by atoms with van der Waals surface area (Å²) < 4.78 is 6.91. The fourth-order valence-electron chi connectivity index (χ4n) is 1.60. The van der Waals surface area contributed by atoms with Gasteiger partial charge in [-0.25, -0.2) is 9.66 Å². The van der Waals surface area contributed by atoms with Crippen molar-refractivity contribution >= 4 is 12.2 Å². The van der Waals surface area contributed by atoms with Gasteiger partial charge in [0.25, 0.3) is 0 Å². The van der Waals surface area contributed by atoms with Gasteiger partial charge in [0.05, 0.1) is 24.7 Å². The van der Waals surface area contributed by atoms with Gasteiger partial charge in [0.2, 0.25) is 5.95 Å². The Bertz CT molecular complexity index is 578. The molecule has 0 saturated heterocycles. The molecular formula is C13H16N4O2. The Kier molecular flexibility index (Phi) is 4.15. The minimum Gasteiger partial charge on any atom is -0.491 e. The predicted molar refractivity (Wildman–Crippen MR) is 73.4 cm³/mol. The molecule has 6 heteroatoms. The van der Waals surface area contributed by atoms with E-state index < -0.39 is 0 Å². The smallest absolute Gasteiger partial charge is 0.221 e. The highest BCUT2D eigenvalue weighted by Crippen LogP contribution is 2.16. The van der Waals surface area contributed by atoms with Crippen molar-refractivity contribution in [3.8, 4) is 5.75 Å².